The zero-order valence-electron chi connectivity index (χ0n) is 16.1. The van der Waals surface area contributed by atoms with Crippen molar-refractivity contribution in [2.45, 2.75) is 24.3 Å². The van der Waals surface area contributed by atoms with Crippen LogP contribution in [-0.2, 0) is 16.4 Å². The highest BCUT2D eigenvalue weighted by atomic mass is 32.2. The van der Waals surface area contributed by atoms with Gasteiger partial charge in [0, 0.05) is 35.8 Å². The summed E-state index contributed by atoms with van der Waals surface area (Å²) in [7, 11) is -3.58. The molecule has 4 aromatic rings. The van der Waals surface area contributed by atoms with Gasteiger partial charge in [0.2, 0.25) is 10.0 Å². The van der Waals surface area contributed by atoms with Crippen molar-refractivity contribution < 1.29 is 8.42 Å². The summed E-state index contributed by atoms with van der Waals surface area (Å²) in [5.74, 6) is 0. The van der Waals surface area contributed by atoms with Gasteiger partial charge in [0.25, 0.3) is 0 Å². The Bertz CT molecular complexity index is 1240. The van der Waals surface area contributed by atoms with Crippen LogP contribution < -0.4 is 10.0 Å². The van der Waals surface area contributed by atoms with Gasteiger partial charge in [-0.05, 0) is 61.2 Å². The fourth-order valence-electron chi connectivity index (χ4n) is 3.30. The molecule has 2 aromatic carbocycles. The molecule has 0 bridgehead atoms. The zero-order valence-corrected chi connectivity index (χ0v) is 16.9. The minimum Gasteiger partial charge on any atom is -0.315 e. The third kappa shape index (κ3) is 4.61. The molecule has 0 saturated heterocycles. The van der Waals surface area contributed by atoms with E-state index in [0.29, 0.717) is 6.54 Å². The highest BCUT2D eigenvalue weighted by Gasteiger charge is 2.17. The number of rotatable bonds is 8. The average molecular weight is 410 g/mol. The SMILES string of the molecule is CC(CNCCc1ccc2[nH]ncc2c1)NS(=O)(=O)c1ccc2cnccc2c1. The van der Waals surface area contributed by atoms with Crippen molar-refractivity contribution in [3.8, 4) is 0 Å². The van der Waals surface area contributed by atoms with Crippen molar-refractivity contribution in [3.05, 3.63) is 66.6 Å². The van der Waals surface area contributed by atoms with Crippen LogP contribution >= 0.6 is 0 Å². The van der Waals surface area contributed by atoms with Gasteiger partial charge in [-0.3, -0.25) is 10.1 Å². The lowest BCUT2D eigenvalue weighted by Gasteiger charge is -2.15. The molecule has 7 nitrogen and oxygen atoms in total. The van der Waals surface area contributed by atoms with Crippen LogP contribution in [0.15, 0.2) is 66.0 Å². The maximum Gasteiger partial charge on any atom is 0.240 e. The van der Waals surface area contributed by atoms with E-state index in [1.165, 1.54) is 5.56 Å². The summed E-state index contributed by atoms with van der Waals surface area (Å²) in [6.45, 7) is 3.16. The lowest BCUT2D eigenvalue weighted by atomic mass is 10.1. The topological polar surface area (TPSA) is 99.8 Å². The number of nitrogens with one attached hydrogen (secondary N) is 3. The number of pyridine rings is 1. The number of fused-ring (bicyclic) bond motifs is 2. The Morgan fingerprint density at radius 2 is 1.93 bits per heavy atom. The van der Waals surface area contributed by atoms with Gasteiger partial charge in [-0.2, -0.15) is 5.10 Å². The van der Waals surface area contributed by atoms with E-state index in [0.717, 1.165) is 34.6 Å². The van der Waals surface area contributed by atoms with Gasteiger partial charge < -0.3 is 5.32 Å². The summed E-state index contributed by atoms with van der Waals surface area (Å²) in [4.78, 5) is 4.31. The quantitative estimate of drug-likeness (QED) is 0.389. The first-order valence-corrected chi connectivity index (χ1v) is 11.0. The fourth-order valence-corrected chi connectivity index (χ4v) is 4.58. The smallest absolute Gasteiger partial charge is 0.240 e. The van der Waals surface area contributed by atoms with Gasteiger partial charge in [0.15, 0.2) is 0 Å². The fraction of sp³-hybridized carbons (Fsp3) is 0.238. The van der Waals surface area contributed by atoms with E-state index in [4.69, 9.17) is 0 Å². The molecule has 3 N–H and O–H groups in total. The molecule has 150 valence electrons. The minimum absolute atomic E-state index is 0.232. The van der Waals surface area contributed by atoms with Crippen molar-refractivity contribution in [1.82, 2.24) is 25.2 Å². The Morgan fingerprint density at radius 1 is 1.03 bits per heavy atom. The molecule has 0 aliphatic carbocycles. The molecule has 0 spiro atoms. The number of aromatic nitrogens is 3. The van der Waals surface area contributed by atoms with E-state index in [9.17, 15) is 8.42 Å². The number of benzene rings is 2. The van der Waals surface area contributed by atoms with E-state index in [-0.39, 0.29) is 10.9 Å². The Hall–Kier alpha value is -2.81. The third-order valence-corrected chi connectivity index (χ3v) is 6.41. The molecule has 0 aliphatic heterocycles. The number of sulfonamides is 1. The molecule has 0 saturated carbocycles. The number of aromatic amines is 1. The zero-order chi connectivity index (χ0) is 20.3. The van der Waals surface area contributed by atoms with Crippen LogP contribution in [0.25, 0.3) is 21.7 Å². The highest BCUT2D eigenvalue weighted by molar-refractivity contribution is 7.89. The summed E-state index contributed by atoms with van der Waals surface area (Å²) < 4.78 is 28.1. The Morgan fingerprint density at radius 3 is 2.83 bits per heavy atom. The number of H-pyrrole nitrogens is 1. The first-order chi connectivity index (χ1) is 14.0. The molecular formula is C21H23N5O2S. The van der Waals surface area contributed by atoms with E-state index in [1.54, 1.807) is 36.7 Å². The van der Waals surface area contributed by atoms with Crippen LogP contribution in [0.3, 0.4) is 0 Å². The number of hydrogen-bond acceptors (Lipinski definition) is 5. The van der Waals surface area contributed by atoms with Crippen LogP contribution in [0.2, 0.25) is 0 Å². The number of nitrogens with zero attached hydrogens (tertiary/aromatic N) is 2. The van der Waals surface area contributed by atoms with Crippen molar-refractivity contribution in [3.63, 3.8) is 0 Å². The highest BCUT2D eigenvalue weighted by Crippen LogP contribution is 2.18. The molecule has 0 fully saturated rings. The molecular weight excluding hydrogens is 386 g/mol. The molecule has 2 aromatic heterocycles. The summed E-state index contributed by atoms with van der Waals surface area (Å²) in [5, 5.41) is 13.1. The second-order valence-electron chi connectivity index (χ2n) is 7.15. The predicted octanol–water partition coefficient (Wildman–Crippen LogP) is 2.61. The average Bonchev–Trinajstić information content (AvgIpc) is 3.18. The van der Waals surface area contributed by atoms with Gasteiger partial charge in [0.1, 0.15) is 0 Å². The minimum atomic E-state index is -3.58. The summed E-state index contributed by atoms with van der Waals surface area (Å²) in [6.07, 6.45) is 6.05. The van der Waals surface area contributed by atoms with E-state index < -0.39 is 10.0 Å². The van der Waals surface area contributed by atoms with Gasteiger partial charge >= 0.3 is 0 Å². The second kappa shape index (κ2) is 8.28. The second-order valence-corrected chi connectivity index (χ2v) is 8.87. The normalized spacial score (nSPS) is 13.1. The maximum atomic E-state index is 12.7. The lowest BCUT2D eigenvalue weighted by molar-refractivity contribution is 0.537. The Kier molecular flexibility index (Phi) is 5.57. The molecule has 0 aliphatic rings. The Labute approximate surface area is 169 Å². The van der Waals surface area contributed by atoms with Crippen LogP contribution in [0.5, 0.6) is 0 Å². The van der Waals surface area contributed by atoms with E-state index in [1.807, 2.05) is 19.2 Å². The predicted molar refractivity (Wildman–Crippen MR) is 114 cm³/mol. The van der Waals surface area contributed by atoms with Crippen molar-refractivity contribution in [2.75, 3.05) is 13.1 Å². The summed E-state index contributed by atoms with van der Waals surface area (Å²) in [6, 6.07) is 12.8. The van der Waals surface area contributed by atoms with Gasteiger partial charge in [0.05, 0.1) is 16.6 Å². The van der Waals surface area contributed by atoms with Crippen molar-refractivity contribution in [2.24, 2.45) is 0 Å². The first kappa shape index (κ1) is 19.5. The summed E-state index contributed by atoms with van der Waals surface area (Å²) in [5.41, 5.74) is 2.24. The molecule has 1 unspecified atom stereocenters. The molecule has 0 radical (unpaired) electrons. The first-order valence-electron chi connectivity index (χ1n) is 9.50. The van der Waals surface area contributed by atoms with Crippen LogP contribution in [0.4, 0.5) is 0 Å². The molecule has 2 heterocycles. The third-order valence-electron chi connectivity index (χ3n) is 4.82. The molecule has 1 atom stereocenters. The van der Waals surface area contributed by atoms with Crippen LogP contribution in [-0.4, -0.2) is 42.7 Å². The summed E-state index contributed by atoms with van der Waals surface area (Å²) >= 11 is 0. The number of hydrogen-bond donors (Lipinski definition) is 3. The molecule has 4 rings (SSSR count). The van der Waals surface area contributed by atoms with Crippen molar-refractivity contribution in [1.29, 1.82) is 0 Å². The van der Waals surface area contributed by atoms with Gasteiger partial charge in [-0.15, -0.1) is 0 Å². The van der Waals surface area contributed by atoms with Gasteiger partial charge in [-0.25, -0.2) is 13.1 Å². The van der Waals surface area contributed by atoms with Crippen LogP contribution in [0, 0.1) is 0 Å². The van der Waals surface area contributed by atoms with E-state index in [2.05, 4.69) is 37.4 Å². The lowest BCUT2D eigenvalue weighted by Crippen LogP contribution is -2.40. The standard InChI is InChI=1S/C21H23N5O2S/c1-15(12-22-8-6-16-2-5-21-19(10-16)14-24-25-21)26-29(27,28)20-4-3-18-13-23-9-7-17(18)11-20/h2-5,7,9-11,13-15,22,26H,6,8,12H2,1H3,(H,24,25). The van der Waals surface area contributed by atoms with E-state index >= 15 is 0 Å². The largest absolute Gasteiger partial charge is 0.315 e. The van der Waals surface area contributed by atoms with Crippen LogP contribution in [0.1, 0.15) is 12.5 Å². The maximum absolute atomic E-state index is 12.7. The molecule has 8 heteroatoms. The monoisotopic (exact) mass is 409 g/mol. The van der Waals surface area contributed by atoms with Gasteiger partial charge in [-0.1, -0.05) is 12.1 Å². The Balaban J connectivity index is 1.30. The van der Waals surface area contributed by atoms with Crippen molar-refractivity contribution >= 4 is 31.7 Å². The molecule has 0 amide bonds. The molecule has 29 heavy (non-hydrogen) atoms.